The Labute approximate surface area is 31.0 Å². The maximum absolute atomic E-state index is 9.19. The van der Waals surface area contributed by atoms with Crippen LogP contribution in [0.2, 0.25) is 0 Å². The van der Waals surface area contributed by atoms with Crippen molar-refractivity contribution in [3.63, 3.8) is 0 Å². The highest BCUT2D eigenvalue weighted by atomic mass is 16.1. The van der Waals surface area contributed by atoms with Crippen LogP contribution in [0.4, 0.5) is 0 Å². The van der Waals surface area contributed by atoms with E-state index >= 15 is 0 Å². The smallest absolute Gasteiger partial charge is 0.217 e. The normalized spacial score (nSPS) is 14.0. The van der Waals surface area contributed by atoms with E-state index in [1.165, 1.54) is 13.2 Å². The third-order valence-electron chi connectivity index (χ3n) is 0.177. The van der Waals surface area contributed by atoms with Crippen molar-refractivity contribution in [3.8, 4) is 0 Å². The SMILES string of the molecule is CC([NH])[C]=O. The molecule has 0 rings (SSSR count). The maximum atomic E-state index is 9.19. The Morgan fingerprint density at radius 1 is 2.00 bits per heavy atom. The average molecular weight is 71.1 g/mol. The van der Waals surface area contributed by atoms with Gasteiger partial charge in [0.2, 0.25) is 6.29 Å². The Morgan fingerprint density at radius 2 is 2.20 bits per heavy atom. The van der Waals surface area contributed by atoms with E-state index in [4.69, 9.17) is 5.73 Å². The molecule has 0 aromatic rings. The van der Waals surface area contributed by atoms with Gasteiger partial charge in [0.25, 0.3) is 0 Å². The molecule has 2 nitrogen and oxygen atoms in total. The fraction of sp³-hybridized carbons (Fsp3) is 0.667. The van der Waals surface area contributed by atoms with Crippen LogP contribution in [0, 0.1) is 0 Å². The van der Waals surface area contributed by atoms with Crippen molar-refractivity contribution in [2.75, 3.05) is 0 Å². The molecule has 1 unspecified atom stereocenters. The van der Waals surface area contributed by atoms with Crippen LogP contribution in [0.3, 0.4) is 0 Å². The molecule has 0 bridgehead atoms. The molecular formula is C3H5NO. The molecule has 0 saturated heterocycles. The molecule has 1 N–H and O–H groups in total. The van der Waals surface area contributed by atoms with Gasteiger partial charge < -0.3 is 0 Å². The highest BCUT2D eigenvalue weighted by Crippen LogP contribution is 1.60. The minimum atomic E-state index is -0.671. The summed E-state index contributed by atoms with van der Waals surface area (Å²) in [4.78, 5) is 9.19. The standard InChI is InChI=1S/C3H5NO/c1-3(4)2-5/h3-4H,1H3. The van der Waals surface area contributed by atoms with Gasteiger partial charge in [-0.05, 0) is 6.92 Å². The summed E-state index contributed by atoms with van der Waals surface area (Å²) in [6, 6.07) is -0.671. The Hall–Kier alpha value is -0.370. The first-order valence-electron chi connectivity index (χ1n) is 1.36. The van der Waals surface area contributed by atoms with E-state index in [9.17, 15) is 4.79 Å². The summed E-state index contributed by atoms with van der Waals surface area (Å²) in [5.41, 5.74) is 6.40. The minimum absolute atomic E-state index is 0.671. The van der Waals surface area contributed by atoms with Gasteiger partial charge in [0.1, 0.15) is 0 Å². The molecule has 2 radical (unpaired) electrons. The van der Waals surface area contributed by atoms with Crippen molar-refractivity contribution in [2.24, 2.45) is 0 Å². The predicted molar refractivity (Wildman–Crippen MR) is 18.3 cm³/mol. The van der Waals surface area contributed by atoms with Crippen LogP contribution in [0.5, 0.6) is 0 Å². The summed E-state index contributed by atoms with van der Waals surface area (Å²) in [6.07, 6.45) is 1.44. The first-order valence-corrected chi connectivity index (χ1v) is 1.36. The number of hydrogen-bond acceptors (Lipinski definition) is 1. The molecule has 0 fully saturated rings. The lowest BCUT2D eigenvalue weighted by Gasteiger charge is -1.76. The fourth-order valence-electron chi connectivity index (χ4n) is 0. The lowest BCUT2D eigenvalue weighted by atomic mass is 10.4. The third-order valence-corrected chi connectivity index (χ3v) is 0.177. The van der Waals surface area contributed by atoms with Crippen molar-refractivity contribution < 1.29 is 4.79 Å². The Morgan fingerprint density at radius 3 is 2.20 bits per heavy atom. The molecule has 0 aromatic carbocycles. The molecule has 28 valence electrons. The molecule has 0 amide bonds. The van der Waals surface area contributed by atoms with E-state index in [1.807, 2.05) is 0 Å². The highest BCUT2D eigenvalue weighted by Gasteiger charge is 1.83. The number of hydrogen-bond donors (Lipinski definition) is 0. The number of nitrogens with one attached hydrogen (secondary N) is 1. The van der Waals surface area contributed by atoms with Gasteiger partial charge in [-0.15, -0.1) is 0 Å². The minimum Gasteiger partial charge on any atom is -0.289 e. The fourth-order valence-corrected chi connectivity index (χ4v) is 0. The molecule has 0 heterocycles. The summed E-state index contributed by atoms with van der Waals surface area (Å²) in [5, 5.41) is 0. The van der Waals surface area contributed by atoms with Crippen LogP contribution >= 0.6 is 0 Å². The molecule has 0 aromatic heterocycles. The summed E-state index contributed by atoms with van der Waals surface area (Å²) in [6.45, 7) is 1.47. The molecule has 0 saturated carbocycles. The van der Waals surface area contributed by atoms with E-state index in [0.717, 1.165) is 0 Å². The summed E-state index contributed by atoms with van der Waals surface area (Å²) >= 11 is 0. The second kappa shape index (κ2) is 1.91. The molecule has 1 atom stereocenters. The van der Waals surface area contributed by atoms with Crippen LogP contribution in [0.1, 0.15) is 6.92 Å². The molecule has 0 aliphatic carbocycles. The van der Waals surface area contributed by atoms with Crippen LogP contribution in [-0.2, 0) is 4.79 Å². The lowest BCUT2D eigenvalue weighted by Crippen LogP contribution is -2.01. The Bertz CT molecular complexity index is 33.9. The molecule has 5 heavy (non-hydrogen) atoms. The van der Waals surface area contributed by atoms with Gasteiger partial charge >= 0.3 is 0 Å². The monoisotopic (exact) mass is 71.0 g/mol. The van der Waals surface area contributed by atoms with Gasteiger partial charge in [0.05, 0.1) is 6.04 Å². The quantitative estimate of drug-likeness (QED) is 0.421. The van der Waals surface area contributed by atoms with Crippen molar-refractivity contribution in [1.29, 1.82) is 0 Å². The van der Waals surface area contributed by atoms with Crippen LogP contribution < -0.4 is 5.73 Å². The van der Waals surface area contributed by atoms with E-state index in [1.54, 1.807) is 0 Å². The molecule has 0 aliphatic heterocycles. The van der Waals surface area contributed by atoms with Crippen molar-refractivity contribution >= 4 is 6.29 Å². The van der Waals surface area contributed by atoms with Crippen molar-refractivity contribution in [2.45, 2.75) is 13.0 Å². The van der Waals surface area contributed by atoms with Crippen LogP contribution in [0.15, 0.2) is 0 Å². The second-order valence-electron chi connectivity index (χ2n) is 0.840. The second-order valence-corrected chi connectivity index (χ2v) is 0.840. The topological polar surface area (TPSA) is 40.9 Å². The van der Waals surface area contributed by atoms with Gasteiger partial charge in [0.15, 0.2) is 0 Å². The third kappa shape index (κ3) is 3.63. The average Bonchev–Trinajstić information content (AvgIpc) is 1.38. The lowest BCUT2D eigenvalue weighted by molar-refractivity contribution is 0.544. The zero-order chi connectivity index (χ0) is 4.28. The van der Waals surface area contributed by atoms with Crippen molar-refractivity contribution in [3.05, 3.63) is 0 Å². The molecule has 0 aliphatic rings. The van der Waals surface area contributed by atoms with E-state index in [-0.39, 0.29) is 0 Å². The van der Waals surface area contributed by atoms with Crippen molar-refractivity contribution in [1.82, 2.24) is 5.73 Å². The molecule has 2 heteroatoms. The zero-order valence-corrected chi connectivity index (χ0v) is 2.99. The maximum Gasteiger partial charge on any atom is 0.217 e. The van der Waals surface area contributed by atoms with E-state index in [2.05, 4.69) is 0 Å². The molecular weight excluding hydrogens is 66.0 g/mol. The van der Waals surface area contributed by atoms with Gasteiger partial charge in [-0.2, -0.15) is 0 Å². The van der Waals surface area contributed by atoms with E-state index < -0.39 is 6.04 Å². The first kappa shape index (κ1) is 4.63. The van der Waals surface area contributed by atoms with Gasteiger partial charge in [0, 0.05) is 0 Å². The van der Waals surface area contributed by atoms with E-state index in [0.29, 0.717) is 0 Å². The summed E-state index contributed by atoms with van der Waals surface area (Å²) in [5.74, 6) is 0. The largest absolute Gasteiger partial charge is 0.289 e. The summed E-state index contributed by atoms with van der Waals surface area (Å²) < 4.78 is 0. The first-order chi connectivity index (χ1) is 2.27. The van der Waals surface area contributed by atoms with Gasteiger partial charge in [-0.25, -0.2) is 5.73 Å². The van der Waals surface area contributed by atoms with Gasteiger partial charge in [-0.3, -0.25) is 4.79 Å². The molecule has 0 spiro atoms. The number of rotatable bonds is 1. The highest BCUT2D eigenvalue weighted by molar-refractivity contribution is 5.56. The van der Waals surface area contributed by atoms with Gasteiger partial charge in [-0.1, -0.05) is 0 Å². The van der Waals surface area contributed by atoms with Crippen LogP contribution in [-0.4, -0.2) is 12.3 Å². The Balaban J connectivity index is 2.83. The summed E-state index contributed by atoms with van der Waals surface area (Å²) in [7, 11) is 0. The predicted octanol–water partition coefficient (Wildman–Crippen LogP) is -0.233. The number of carbonyl (C=O) groups excluding carboxylic acids is 1. The Kier molecular flexibility index (Phi) is 1.76. The van der Waals surface area contributed by atoms with Crippen LogP contribution in [0.25, 0.3) is 0 Å². The zero-order valence-electron chi connectivity index (χ0n) is 2.99.